The van der Waals surface area contributed by atoms with Crippen LogP contribution < -0.4 is 10.6 Å². The summed E-state index contributed by atoms with van der Waals surface area (Å²) in [4.78, 5) is 24.4. The normalized spacial score (nSPS) is 16.2. The van der Waals surface area contributed by atoms with E-state index in [0.717, 1.165) is 17.0 Å². The predicted octanol–water partition coefficient (Wildman–Crippen LogP) is 3.20. The second-order valence-corrected chi connectivity index (χ2v) is 9.64. The molecule has 2 N–H and O–H groups in total. The second-order valence-electron chi connectivity index (χ2n) is 6.15. The molecule has 0 saturated heterocycles. The van der Waals surface area contributed by atoms with Crippen molar-refractivity contribution in [2.45, 2.75) is 28.4 Å². The minimum Gasteiger partial charge on any atom is -0.324 e. The average molecular weight is 426 g/mol. The number of carbonyl (C=O) groups excluding carboxylic acids is 2. The van der Waals surface area contributed by atoms with E-state index < -0.39 is 39.6 Å². The maximum absolute atomic E-state index is 13.6. The van der Waals surface area contributed by atoms with Gasteiger partial charge in [0.25, 0.3) is 0 Å². The van der Waals surface area contributed by atoms with E-state index in [0.29, 0.717) is 11.8 Å². The van der Waals surface area contributed by atoms with Crippen molar-refractivity contribution in [1.29, 1.82) is 0 Å². The van der Waals surface area contributed by atoms with Crippen LogP contribution in [0.3, 0.4) is 0 Å². The summed E-state index contributed by atoms with van der Waals surface area (Å²) in [6.07, 6.45) is -0.408. The van der Waals surface area contributed by atoms with Gasteiger partial charge in [0.1, 0.15) is 11.6 Å². The summed E-state index contributed by atoms with van der Waals surface area (Å²) in [5.41, 5.74) is 0.179. The third-order valence-electron chi connectivity index (χ3n) is 4.04. The monoisotopic (exact) mass is 426 g/mol. The molecule has 2 aromatic rings. The van der Waals surface area contributed by atoms with E-state index in [1.165, 1.54) is 23.9 Å². The molecule has 1 heterocycles. The number of anilines is 2. The van der Waals surface area contributed by atoms with Crippen LogP contribution in [0, 0.1) is 11.6 Å². The van der Waals surface area contributed by atoms with Gasteiger partial charge in [-0.1, -0.05) is 0 Å². The first-order valence-electron chi connectivity index (χ1n) is 8.25. The molecule has 0 unspecified atom stereocenters. The van der Waals surface area contributed by atoms with Gasteiger partial charge in [-0.3, -0.25) is 9.59 Å². The van der Waals surface area contributed by atoms with E-state index in [2.05, 4.69) is 10.6 Å². The Morgan fingerprint density at radius 3 is 2.68 bits per heavy atom. The van der Waals surface area contributed by atoms with Gasteiger partial charge in [-0.15, -0.1) is 11.8 Å². The van der Waals surface area contributed by atoms with Crippen molar-refractivity contribution < 1.29 is 26.8 Å². The first-order valence-corrected chi connectivity index (χ1v) is 10.8. The van der Waals surface area contributed by atoms with Crippen LogP contribution in [0.2, 0.25) is 0 Å². The maximum Gasteiger partial charge on any atom is 0.237 e. The number of fused-ring (bicyclic) bond motifs is 1. The van der Waals surface area contributed by atoms with Crippen molar-refractivity contribution in [2.24, 2.45) is 0 Å². The van der Waals surface area contributed by atoms with Crippen molar-refractivity contribution in [3.05, 3.63) is 48.0 Å². The zero-order chi connectivity index (χ0) is 20.5. The number of amides is 2. The molecule has 0 fully saturated rings. The number of nitrogens with one attached hydrogen (secondary N) is 2. The first kappa shape index (κ1) is 20.3. The van der Waals surface area contributed by atoms with Gasteiger partial charge in [0.2, 0.25) is 11.8 Å². The van der Waals surface area contributed by atoms with E-state index in [-0.39, 0.29) is 21.7 Å². The van der Waals surface area contributed by atoms with Gasteiger partial charge in [-0.2, -0.15) is 0 Å². The fourth-order valence-electron chi connectivity index (χ4n) is 2.53. The van der Waals surface area contributed by atoms with Gasteiger partial charge in [-0.05, 0) is 37.3 Å². The highest BCUT2D eigenvalue weighted by atomic mass is 32.2. The van der Waals surface area contributed by atoms with Crippen LogP contribution in [0.25, 0.3) is 0 Å². The van der Waals surface area contributed by atoms with E-state index >= 15 is 0 Å². The number of benzene rings is 2. The van der Waals surface area contributed by atoms with Crippen LogP contribution in [-0.2, 0) is 19.4 Å². The molecule has 1 aliphatic heterocycles. The summed E-state index contributed by atoms with van der Waals surface area (Å²) in [5, 5.41) is 4.60. The lowest BCUT2D eigenvalue weighted by Gasteiger charge is -2.21. The third kappa shape index (κ3) is 4.50. The number of rotatable bonds is 5. The summed E-state index contributed by atoms with van der Waals surface area (Å²) in [7, 11) is -3.80. The molecule has 6 nitrogen and oxygen atoms in total. The molecule has 1 aliphatic rings. The lowest BCUT2D eigenvalue weighted by atomic mass is 10.3. The molecule has 0 aromatic heterocycles. The van der Waals surface area contributed by atoms with Crippen LogP contribution >= 0.6 is 11.8 Å². The van der Waals surface area contributed by atoms with E-state index in [1.54, 1.807) is 13.0 Å². The molecule has 0 saturated carbocycles. The Morgan fingerprint density at radius 2 is 1.96 bits per heavy atom. The lowest BCUT2D eigenvalue weighted by molar-refractivity contribution is -0.116. The van der Waals surface area contributed by atoms with Crippen LogP contribution in [0.15, 0.2) is 46.2 Å². The molecule has 2 amide bonds. The Hall–Kier alpha value is -2.46. The zero-order valence-electron chi connectivity index (χ0n) is 14.7. The topological polar surface area (TPSA) is 92.3 Å². The van der Waals surface area contributed by atoms with Crippen LogP contribution in [0.4, 0.5) is 20.2 Å². The Bertz CT molecular complexity index is 1060. The molecular formula is C18H16F2N2O4S2. The summed E-state index contributed by atoms with van der Waals surface area (Å²) in [5.74, 6) is -3.17. The lowest BCUT2D eigenvalue weighted by Crippen LogP contribution is -2.26. The highest BCUT2D eigenvalue weighted by Gasteiger charge is 2.25. The molecule has 0 aliphatic carbocycles. The average Bonchev–Trinajstić information content (AvgIpc) is 2.63. The Kier molecular flexibility index (Phi) is 5.71. The molecule has 2 aromatic carbocycles. The van der Waals surface area contributed by atoms with Gasteiger partial charge in [0.15, 0.2) is 9.84 Å². The minimum absolute atomic E-state index is 0.0255. The fraction of sp³-hybridized carbons (Fsp3) is 0.222. The number of sulfone groups is 1. The molecule has 28 heavy (non-hydrogen) atoms. The number of hydrogen-bond donors (Lipinski definition) is 2. The Balaban J connectivity index is 1.68. The maximum atomic E-state index is 13.6. The summed E-state index contributed by atoms with van der Waals surface area (Å²) in [6.45, 7) is 1.75. The molecule has 3 rings (SSSR count). The number of thioether (sulfide) groups is 1. The van der Waals surface area contributed by atoms with Crippen molar-refractivity contribution >= 4 is 44.8 Å². The molecule has 0 radical (unpaired) electrons. The van der Waals surface area contributed by atoms with Crippen molar-refractivity contribution in [3.63, 3.8) is 0 Å². The quantitative estimate of drug-likeness (QED) is 0.766. The summed E-state index contributed by atoms with van der Waals surface area (Å²) >= 11 is 1.33. The second kappa shape index (κ2) is 7.88. The van der Waals surface area contributed by atoms with Crippen LogP contribution in [-0.4, -0.2) is 31.2 Å². The Labute approximate surface area is 164 Å². The molecule has 1 atom stereocenters. The van der Waals surface area contributed by atoms with Crippen molar-refractivity contribution in [1.82, 2.24) is 0 Å². The predicted molar refractivity (Wildman–Crippen MR) is 102 cm³/mol. The van der Waals surface area contributed by atoms with E-state index in [4.69, 9.17) is 0 Å². The smallest absolute Gasteiger partial charge is 0.237 e. The number of hydrogen-bond acceptors (Lipinski definition) is 5. The molecular weight excluding hydrogens is 410 g/mol. The summed E-state index contributed by atoms with van der Waals surface area (Å²) < 4.78 is 51.5. The van der Waals surface area contributed by atoms with Gasteiger partial charge in [0, 0.05) is 17.4 Å². The largest absolute Gasteiger partial charge is 0.324 e. The van der Waals surface area contributed by atoms with E-state index in [9.17, 15) is 26.8 Å². The SMILES string of the molecule is C[C@@H]1Sc2ccc(S(=O)(=O)CCC(=O)Nc3ccc(F)cc3F)cc2NC1=O. The summed E-state index contributed by atoms with van der Waals surface area (Å²) in [6, 6.07) is 7.04. The zero-order valence-corrected chi connectivity index (χ0v) is 16.3. The number of halogens is 2. The third-order valence-corrected chi connectivity index (χ3v) is 6.94. The van der Waals surface area contributed by atoms with Crippen molar-refractivity contribution in [3.8, 4) is 0 Å². The Morgan fingerprint density at radius 1 is 1.21 bits per heavy atom. The first-order chi connectivity index (χ1) is 13.2. The molecule has 10 heteroatoms. The molecule has 0 spiro atoms. The highest BCUT2D eigenvalue weighted by Crippen LogP contribution is 2.36. The van der Waals surface area contributed by atoms with Gasteiger partial charge in [0.05, 0.1) is 27.3 Å². The van der Waals surface area contributed by atoms with Gasteiger partial charge >= 0.3 is 0 Å². The molecule has 0 bridgehead atoms. The standard InChI is InChI=1S/C18H16F2N2O4S2/c1-10-18(24)22-15-9-12(3-5-16(15)27-10)28(25,26)7-6-17(23)21-14-4-2-11(19)8-13(14)20/h2-5,8-10H,6-7H2,1H3,(H,21,23)(H,22,24)/t10-/m0/s1. The van der Waals surface area contributed by atoms with Gasteiger partial charge in [-0.25, -0.2) is 17.2 Å². The highest BCUT2D eigenvalue weighted by molar-refractivity contribution is 8.01. The minimum atomic E-state index is -3.80. The molecule has 148 valence electrons. The number of carbonyl (C=O) groups is 2. The van der Waals surface area contributed by atoms with Crippen molar-refractivity contribution in [2.75, 3.05) is 16.4 Å². The fourth-order valence-corrected chi connectivity index (χ4v) is 4.72. The van der Waals surface area contributed by atoms with E-state index in [1.807, 2.05) is 0 Å². The van der Waals surface area contributed by atoms with Crippen LogP contribution in [0.1, 0.15) is 13.3 Å². The van der Waals surface area contributed by atoms with Crippen LogP contribution in [0.5, 0.6) is 0 Å². The van der Waals surface area contributed by atoms with Gasteiger partial charge < -0.3 is 10.6 Å².